The van der Waals surface area contributed by atoms with Gasteiger partial charge in [0.1, 0.15) is 0 Å². The highest BCUT2D eigenvalue weighted by Gasteiger charge is 2.39. The molecule has 0 aromatic carbocycles. The molecule has 2 bridgehead atoms. The van der Waals surface area contributed by atoms with Gasteiger partial charge in [-0.15, -0.1) is 0 Å². The van der Waals surface area contributed by atoms with Gasteiger partial charge >= 0.3 is 0 Å². The number of hydrogen-bond acceptors (Lipinski definition) is 3. The van der Waals surface area contributed by atoms with Crippen LogP contribution in [0.2, 0.25) is 0 Å². The molecule has 2 fully saturated rings. The van der Waals surface area contributed by atoms with E-state index in [2.05, 4.69) is 25.7 Å². The monoisotopic (exact) mass is 267 g/mol. The number of carbonyl (C=O) groups excluding carboxylic acids is 1. The van der Waals surface area contributed by atoms with Crippen molar-refractivity contribution >= 4 is 5.91 Å². The lowest BCUT2D eigenvalue weighted by molar-refractivity contribution is -0.133. The van der Waals surface area contributed by atoms with Crippen LogP contribution in [0.15, 0.2) is 0 Å². The van der Waals surface area contributed by atoms with E-state index >= 15 is 0 Å². The second-order valence-corrected chi connectivity index (χ2v) is 6.39. The van der Waals surface area contributed by atoms with Crippen LogP contribution >= 0.6 is 0 Å². The molecule has 0 aliphatic carbocycles. The summed E-state index contributed by atoms with van der Waals surface area (Å²) in [6.07, 6.45) is 5.42. The SMILES string of the molecule is CCCC(N)C(=O)N1CCC2CCC(C1)N2C(C)C. The van der Waals surface area contributed by atoms with Crippen LogP contribution < -0.4 is 5.73 Å². The minimum atomic E-state index is -0.297. The molecule has 2 saturated heterocycles. The first-order valence-electron chi connectivity index (χ1n) is 7.86. The van der Waals surface area contributed by atoms with Gasteiger partial charge in [0.25, 0.3) is 0 Å². The number of likely N-dealkylation sites (tertiary alicyclic amines) is 1. The second-order valence-electron chi connectivity index (χ2n) is 6.39. The molecule has 2 rings (SSSR count). The molecule has 4 nitrogen and oxygen atoms in total. The van der Waals surface area contributed by atoms with Gasteiger partial charge in [0.2, 0.25) is 5.91 Å². The van der Waals surface area contributed by atoms with Crippen molar-refractivity contribution < 1.29 is 4.79 Å². The van der Waals surface area contributed by atoms with Gasteiger partial charge in [0.05, 0.1) is 6.04 Å². The molecule has 3 unspecified atom stereocenters. The Hall–Kier alpha value is -0.610. The first kappa shape index (κ1) is 14.8. The maximum absolute atomic E-state index is 12.4. The number of fused-ring (bicyclic) bond motifs is 2. The summed E-state index contributed by atoms with van der Waals surface area (Å²) in [4.78, 5) is 17.0. The quantitative estimate of drug-likeness (QED) is 0.841. The molecule has 110 valence electrons. The lowest BCUT2D eigenvalue weighted by Crippen LogP contribution is -2.48. The molecule has 0 aromatic heterocycles. The molecule has 2 N–H and O–H groups in total. The third kappa shape index (κ3) is 3.11. The highest BCUT2D eigenvalue weighted by Crippen LogP contribution is 2.32. The first-order chi connectivity index (χ1) is 9.04. The Morgan fingerprint density at radius 1 is 1.26 bits per heavy atom. The molecule has 4 heteroatoms. The summed E-state index contributed by atoms with van der Waals surface area (Å²) in [7, 11) is 0. The van der Waals surface area contributed by atoms with Crippen molar-refractivity contribution in [1.82, 2.24) is 9.80 Å². The zero-order valence-corrected chi connectivity index (χ0v) is 12.6. The Kier molecular flexibility index (Phi) is 4.85. The molecule has 0 radical (unpaired) electrons. The summed E-state index contributed by atoms with van der Waals surface area (Å²) < 4.78 is 0. The maximum Gasteiger partial charge on any atom is 0.239 e. The molecule has 2 aliphatic heterocycles. The average Bonchev–Trinajstić information content (AvgIpc) is 2.64. The van der Waals surface area contributed by atoms with Crippen molar-refractivity contribution in [3.63, 3.8) is 0 Å². The molecular weight excluding hydrogens is 238 g/mol. The Morgan fingerprint density at radius 2 is 1.95 bits per heavy atom. The van der Waals surface area contributed by atoms with E-state index in [1.165, 1.54) is 12.8 Å². The Labute approximate surface area is 117 Å². The fourth-order valence-electron chi connectivity index (χ4n) is 3.82. The Bertz CT molecular complexity index is 319. The molecule has 1 amide bonds. The van der Waals surface area contributed by atoms with Crippen molar-refractivity contribution in [3.8, 4) is 0 Å². The molecule has 0 saturated carbocycles. The van der Waals surface area contributed by atoms with E-state index in [0.29, 0.717) is 18.1 Å². The number of nitrogens with zero attached hydrogens (tertiary/aromatic N) is 2. The van der Waals surface area contributed by atoms with Gasteiger partial charge in [-0.2, -0.15) is 0 Å². The highest BCUT2D eigenvalue weighted by molar-refractivity contribution is 5.81. The fourth-order valence-corrected chi connectivity index (χ4v) is 3.82. The van der Waals surface area contributed by atoms with Gasteiger partial charge in [0.15, 0.2) is 0 Å². The number of carbonyl (C=O) groups is 1. The van der Waals surface area contributed by atoms with Crippen LogP contribution in [-0.4, -0.2) is 53.0 Å². The van der Waals surface area contributed by atoms with Gasteiger partial charge in [-0.3, -0.25) is 9.69 Å². The first-order valence-corrected chi connectivity index (χ1v) is 7.86. The lowest BCUT2D eigenvalue weighted by atomic mass is 10.1. The predicted octanol–water partition coefficient (Wildman–Crippen LogP) is 1.59. The summed E-state index contributed by atoms with van der Waals surface area (Å²) in [5, 5.41) is 0. The Morgan fingerprint density at radius 3 is 2.58 bits per heavy atom. The van der Waals surface area contributed by atoms with Crippen LogP contribution in [0, 0.1) is 0 Å². The van der Waals surface area contributed by atoms with E-state index in [-0.39, 0.29) is 11.9 Å². The zero-order chi connectivity index (χ0) is 14.0. The smallest absolute Gasteiger partial charge is 0.239 e. The molecule has 0 aromatic rings. The van der Waals surface area contributed by atoms with Crippen LogP contribution in [0.4, 0.5) is 0 Å². The number of nitrogens with two attached hydrogens (primary N) is 1. The summed E-state index contributed by atoms with van der Waals surface area (Å²) in [6.45, 7) is 8.39. The van der Waals surface area contributed by atoms with Crippen LogP contribution in [0.3, 0.4) is 0 Å². The predicted molar refractivity (Wildman–Crippen MR) is 77.9 cm³/mol. The van der Waals surface area contributed by atoms with Gasteiger partial charge in [0, 0.05) is 31.2 Å². The number of hydrogen-bond donors (Lipinski definition) is 1. The van der Waals surface area contributed by atoms with Crippen molar-refractivity contribution in [2.45, 2.75) is 77.0 Å². The van der Waals surface area contributed by atoms with E-state index in [1.807, 2.05) is 4.90 Å². The molecule has 2 heterocycles. The maximum atomic E-state index is 12.4. The van der Waals surface area contributed by atoms with Crippen molar-refractivity contribution in [1.29, 1.82) is 0 Å². The fraction of sp³-hybridized carbons (Fsp3) is 0.933. The minimum absolute atomic E-state index is 0.165. The van der Waals surface area contributed by atoms with Crippen LogP contribution in [0.5, 0.6) is 0 Å². The van der Waals surface area contributed by atoms with E-state index in [9.17, 15) is 4.79 Å². The van der Waals surface area contributed by atoms with Crippen LogP contribution in [-0.2, 0) is 4.79 Å². The van der Waals surface area contributed by atoms with Crippen LogP contribution in [0.1, 0.15) is 52.9 Å². The van der Waals surface area contributed by atoms with Gasteiger partial charge in [-0.25, -0.2) is 0 Å². The molecule has 0 spiro atoms. The Balaban J connectivity index is 2.01. The van der Waals surface area contributed by atoms with Gasteiger partial charge in [-0.1, -0.05) is 13.3 Å². The average molecular weight is 267 g/mol. The third-order valence-corrected chi connectivity index (χ3v) is 4.66. The van der Waals surface area contributed by atoms with E-state index in [1.54, 1.807) is 0 Å². The number of rotatable bonds is 4. The summed E-state index contributed by atoms with van der Waals surface area (Å²) >= 11 is 0. The summed E-state index contributed by atoms with van der Waals surface area (Å²) in [5.41, 5.74) is 6.00. The molecule has 3 atom stereocenters. The molecular formula is C15H29N3O. The van der Waals surface area contributed by atoms with Gasteiger partial charge in [-0.05, 0) is 39.5 Å². The molecule has 19 heavy (non-hydrogen) atoms. The molecule has 2 aliphatic rings. The largest absolute Gasteiger partial charge is 0.340 e. The standard InChI is InChI=1S/C15H29N3O/c1-4-5-14(16)15(19)17-9-8-12-6-7-13(10-17)18(12)11(2)3/h11-14H,4-10,16H2,1-3H3. The van der Waals surface area contributed by atoms with Crippen molar-refractivity contribution in [2.75, 3.05) is 13.1 Å². The second kappa shape index (κ2) is 6.23. The third-order valence-electron chi connectivity index (χ3n) is 4.66. The summed E-state index contributed by atoms with van der Waals surface area (Å²) in [6, 6.07) is 1.50. The zero-order valence-electron chi connectivity index (χ0n) is 12.6. The summed E-state index contributed by atoms with van der Waals surface area (Å²) in [5.74, 6) is 0.165. The van der Waals surface area contributed by atoms with Gasteiger partial charge < -0.3 is 10.6 Å². The van der Waals surface area contributed by atoms with Crippen molar-refractivity contribution in [2.24, 2.45) is 5.73 Å². The van der Waals surface area contributed by atoms with Crippen molar-refractivity contribution in [3.05, 3.63) is 0 Å². The van der Waals surface area contributed by atoms with E-state index in [4.69, 9.17) is 5.73 Å². The number of amides is 1. The lowest BCUT2D eigenvalue weighted by Gasteiger charge is -2.32. The minimum Gasteiger partial charge on any atom is -0.340 e. The highest BCUT2D eigenvalue weighted by atomic mass is 16.2. The van der Waals surface area contributed by atoms with Crippen LogP contribution in [0.25, 0.3) is 0 Å². The topological polar surface area (TPSA) is 49.6 Å². The van der Waals surface area contributed by atoms with E-state index in [0.717, 1.165) is 32.4 Å². The normalized spacial score (nSPS) is 29.6. The van der Waals surface area contributed by atoms with E-state index < -0.39 is 0 Å².